The van der Waals surface area contributed by atoms with Gasteiger partial charge in [-0.05, 0) is 12.8 Å². The van der Waals surface area contributed by atoms with Crippen LogP contribution in [-0.2, 0) is 20.1 Å². The molecular formula is C12H20N6. The van der Waals surface area contributed by atoms with Crippen LogP contribution in [0, 0.1) is 12.8 Å². The maximum atomic E-state index is 4.49. The number of nitrogens with zero attached hydrogens (tertiary/aromatic N) is 5. The zero-order valence-electron chi connectivity index (χ0n) is 11.4. The van der Waals surface area contributed by atoms with Crippen LogP contribution in [0.15, 0.2) is 12.5 Å². The third-order valence-electron chi connectivity index (χ3n) is 2.67. The predicted octanol–water partition coefficient (Wildman–Crippen LogP) is 1.59. The van der Waals surface area contributed by atoms with Gasteiger partial charge in [-0.2, -0.15) is 0 Å². The minimum Gasteiger partial charge on any atom is -0.348 e. The molecule has 0 saturated carbocycles. The SMILES string of the molecule is Cc1cn(CC(C)C)c(NCc2nncn2C)n1. The van der Waals surface area contributed by atoms with Gasteiger partial charge in [-0.3, -0.25) is 0 Å². The number of rotatable bonds is 5. The van der Waals surface area contributed by atoms with Gasteiger partial charge < -0.3 is 14.5 Å². The van der Waals surface area contributed by atoms with Gasteiger partial charge >= 0.3 is 0 Å². The van der Waals surface area contributed by atoms with E-state index in [-0.39, 0.29) is 0 Å². The molecule has 0 aliphatic rings. The van der Waals surface area contributed by atoms with Crippen molar-refractivity contribution in [2.24, 2.45) is 13.0 Å². The summed E-state index contributed by atoms with van der Waals surface area (Å²) in [5.41, 5.74) is 1.02. The molecule has 0 aliphatic heterocycles. The topological polar surface area (TPSA) is 60.6 Å². The minimum absolute atomic E-state index is 0.592. The summed E-state index contributed by atoms with van der Waals surface area (Å²) in [5, 5.41) is 11.2. The summed E-state index contributed by atoms with van der Waals surface area (Å²) in [6.45, 7) is 7.99. The van der Waals surface area contributed by atoms with Crippen molar-refractivity contribution in [2.75, 3.05) is 5.32 Å². The van der Waals surface area contributed by atoms with E-state index in [1.807, 2.05) is 18.5 Å². The Morgan fingerprint density at radius 3 is 2.78 bits per heavy atom. The molecule has 6 nitrogen and oxygen atoms in total. The molecule has 98 valence electrons. The molecule has 0 atom stereocenters. The molecule has 2 rings (SSSR count). The molecule has 2 heterocycles. The Morgan fingerprint density at radius 2 is 2.17 bits per heavy atom. The standard InChI is InChI=1S/C12H20N6/c1-9(2)6-18-7-10(3)15-12(18)13-5-11-16-14-8-17(11)4/h7-9H,5-6H2,1-4H3,(H,13,15). The Kier molecular flexibility index (Phi) is 3.64. The van der Waals surface area contributed by atoms with E-state index in [0.717, 1.165) is 24.0 Å². The zero-order valence-corrected chi connectivity index (χ0v) is 11.4. The Bertz CT molecular complexity index is 510. The quantitative estimate of drug-likeness (QED) is 0.873. The van der Waals surface area contributed by atoms with E-state index >= 15 is 0 Å². The summed E-state index contributed by atoms with van der Waals surface area (Å²) >= 11 is 0. The molecule has 0 unspecified atom stereocenters. The Hall–Kier alpha value is -1.85. The highest BCUT2D eigenvalue weighted by Crippen LogP contribution is 2.12. The number of nitrogens with one attached hydrogen (secondary N) is 1. The summed E-state index contributed by atoms with van der Waals surface area (Å²) < 4.78 is 4.05. The maximum absolute atomic E-state index is 4.49. The van der Waals surface area contributed by atoms with Crippen molar-refractivity contribution in [3.8, 4) is 0 Å². The largest absolute Gasteiger partial charge is 0.348 e. The van der Waals surface area contributed by atoms with Crippen LogP contribution in [0.4, 0.5) is 5.95 Å². The van der Waals surface area contributed by atoms with E-state index in [2.05, 4.69) is 45.1 Å². The highest BCUT2D eigenvalue weighted by Gasteiger charge is 2.08. The summed E-state index contributed by atoms with van der Waals surface area (Å²) in [7, 11) is 1.93. The first-order valence-electron chi connectivity index (χ1n) is 6.16. The molecule has 2 aromatic rings. The predicted molar refractivity (Wildman–Crippen MR) is 70.1 cm³/mol. The van der Waals surface area contributed by atoms with E-state index in [1.54, 1.807) is 6.33 Å². The molecule has 0 radical (unpaired) electrons. The lowest BCUT2D eigenvalue weighted by Crippen LogP contribution is -2.12. The summed E-state index contributed by atoms with van der Waals surface area (Å²) in [4.78, 5) is 4.49. The van der Waals surface area contributed by atoms with Gasteiger partial charge in [0.2, 0.25) is 5.95 Å². The average molecular weight is 248 g/mol. The molecular weight excluding hydrogens is 228 g/mol. The lowest BCUT2D eigenvalue weighted by Gasteiger charge is -2.11. The van der Waals surface area contributed by atoms with E-state index in [1.165, 1.54) is 0 Å². The lowest BCUT2D eigenvalue weighted by atomic mass is 10.2. The zero-order chi connectivity index (χ0) is 13.1. The first-order valence-corrected chi connectivity index (χ1v) is 6.16. The van der Waals surface area contributed by atoms with E-state index in [4.69, 9.17) is 0 Å². The first kappa shape index (κ1) is 12.6. The van der Waals surface area contributed by atoms with Crippen LogP contribution in [-0.4, -0.2) is 24.3 Å². The molecule has 0 fully saturated rings. The highest BCUT2D eigenvalue weighted by molar-refractivity contribution is 5.29. The number of hydrogen-bond donors (Lipinski definition) is 1. The molecule has 0 aromatic carbocycles. The summed E-state index contributed by atoms with van der Waals surface area (Å²) in [6.07, 6.45) is 3.77. The minimum atomic E-state index is 0.592. The second-order valence-corrected chi connectivity index (χ2v) is 4.96. The number of aromatic nitrogens is 5. The molecule has 0 spiro atoms. The van der Waals surface area contributed by atoms with Crippen molar-refractivity contribution in [1.29, 1.82) is 0 Å². The number of anilines is 1. The fourth-order valence-electron chi connectivity index (χ4n) is 1.85. The first-order chi connectivity index (χ1) is 8.56. The molecule has 0 aliphatic carbocycles. The molecule has 0 amide bonds. The highest BCUT2D eigenvalue weighted by atomic mass is 15.3. The smallest absolute Gasteiger partial charge is 0.203 e. The number of hydrogen-bond acceptors (Lipinski definition) is 4. The van der Waals surface area contributed by atoms with E-state index < -0.39 is 0 Å². The van der Waals surface area contributed by atoms with Gasteiger partial charge in [0, 0.05) is 19.8 Å². The van der Waals surface area contributed by atoms with Crippen LogP contribution in [0.5, 0.6) is 0 Å². The van der Waals surface area contributed by atoms with E-state index in [0.29, 0.717) is 12.5 Å². The molecule has 18 heavy (non-hydrogen) atoms. The van der Waals surface area contributed by atoms with Crippen LogP contribution in [0.25, 0.3) is 0 Å². The second-order valence-electron chi connectivity index (χ2n) is 4.96. The van der Waals surface area contributed by atoms with Crippen molar-refractivity contribution in [1.82, 2.24) is 24.3 Å². The summed E-state index contributed by atoms with van der Waals surface area (Å²) in [6, 6.07) is 0. The molecule has 0 bridgehead atoms. The number of imidazole rings is 1. The average Bonchev–Trinajstić information content (AvgIpc) is 2.82. The number of aryl methyl sites for hydroxylation is 2. The molecule has 0 saturated heterocycles. The monoisotopic (exact) mass is 248 g/mol. The third kappa shape index (κ3) is 2.88. The van der Waals surface area contributed by atoms with Gasteiger partial charge in [0.25, 0.3) is 0 Å². The Morgan fingerprint density at radius 1 is 1.39 bits per heavy atom. The van der Waals surface area contributed by atoms with Crippen molar-refractivity contribution in [2.45, 2.75) is 33.9 Å². The van der Waals surface area contributed by atoms with Crippen LogP contribution in [0.3, 0.4) is 0 Å². The van der Waals surface area contributed by atoms with Gasteiger partial charge in [0.15, 0.2) is 5.82 Å². The third-order valence-corrected chi connectivity index (χ3v) is 2.67. The maximum Gasteiger partial charge on any atom is 0.203 e. The second kappa shape index (κ2) is 5.20. The normalized spacial score (nSPS) is 11.2. The Balaban J connectivity index is 2.07. The lowest BCUT2D eigenvalue weighted by molar-refractivity contribution is 0.525. The van der Waals surface area contributed by atoms with E-state index in [9.17, 15) is 0 Å². The van der Waals surface area contributed by atoms with Crippen LogP contribution in [0.2, 0.25) is 0 Å². The van der Waals surface area contributed by atoms with Crippen LogP contribution >= 0.6 is 0 Å². The van der Waals surface area contributed by atoms with Gasteiger partial charge in [0.1, 0.15) is 6.33 Å². The van der Waals surface area contributed by atoms with Gasteiger partial charge in [-0.1, -0.05) is 13.8 Å². The van der Waals surface area contributed by atoms with Crippen molar-refractivity contribution < 1.29 is 0 Å². The van der Waals surface area contributed by atoms with Gasteiger partial charge in [0.05, 0.1) is 12.2 Å². The van der Waals surface area contributed by atoms with Crippen molar-refractivity contribution >= 4 is 5.95 Å². The van der Waals surface area contributed by atoms with Crippen LogP contribution < -0.4 is 5.32 Å². The van der Waals surface area contributed by atoms with Gasteiger partial charge in [-0.15, -0.1) is 10.2 Å². The summed E-state index contributed by atoms with van der Waals surface area (Å²) in [5.74, 6) is 2.38. The fraction of sp³-hybridized carbons (Fsp3) is 0.583. The van der Waals surface area contributed by atoms with Crippen molar-refractivity contribution in [3.63, 3.8) is 0 Å². The molecule has 6 heteroatoms. The van der Waals surface area contributed by atoms with Crippen LogP contribution in [0.1, 0.15) is 25.4 Å². The van der Waals surface area contributed by atoms with Gasteiger partial charge in [-0.25, -0.2) is 4.98 Å². The molecule has 2 aromatic heterocycles. The molecule has 1 N–H and O–H groups in total. The fourth-order valence-corrected chi connectivity index (χ4v) is 1.85. The van der Waals surface area contributed by atoms with Crippen molar-refractivity contribution in [3.05, 3.63) is 24.0 Å². The Labute approximate surface area is 107 Å².